The van der Waals surface area contributed by atoms with Crippen LogP contribution in [0.3, 0.4) is 0 Å². The fourth-order valence-electron chi connectivity index (χ4n) is 3.88. The zero-order valence-corrected chi connectivity index (χ0v) is 18.8. The van der Waals surface area contributed by atoms with E-state index in [0.717, 1.165) is 6.61 Å². The highest BCUT2D eigenvalue weighted by Gasteiger charge is 2.20. The maximum absolute atomic E-state index is 5.25. The summed E-state index contributed by atoms with van der Waals surface area (Å²) in [7, 11) is 0. The van der Waals surface area contributed by atoms with E-state index in [1.807, 2.05) is 0 Å². The molecule has 0 aliphatic carbocycles. The first-order chi connectivity index (χ1) is 12.4. The summed E-state index contributed by atoms with van der Waals surface area (Å²) >= 11 is 0. The molecule has 3 heteroatoms. The molecule has 1 N–H and O–H groups in total. The van der Waals surface area contributed by atoms with Crippen LogP contribution in [0.5, 0.6) is 0 Å². The van der Waals surface area contributed by atoms with Crippen molar-refractivity contribution in [1.29, 1.82) is 0 Å². The molecular weight excluding hydrogens is 342 g/mol. The van der Waals surface area contributed by atoms with E-state index in [4.69, 9.17) is 4.74 Å². The van der Waals surface area contributed by atoms with Crippen LogP contribution in [0.4, 0.5) is 0 Å². The number of unbranched alkanes of at least 4 members (excludes halogenated alkanes) is 14. The summed E-state index contributed by atoms with van der Waals surface area (Å²) in [5.74, 6) is 0. The van der Waals surface area contributed by atoms with E-state index in [2.05, 4.69) is 13.8 Å². The number of ether oxygens (including phenoxy) is 1. The zero-order valence-electron chi connectivity index (χ0n) is 18.0. The Morgan fingerprint density at radius 1 is 0.615 bits per heavy atom. The summed E-state index contributed by atoms with van der Waals surface area (Å²) in [4.78, 5) is 1.77. The second-order valence-corrected chi connectivity index (χ2v) is 8.25. The van der Waals surface area contributed by atoms with Crippen LogP contribution in [0.2, 0.25) is 0 Å². The van der Waals surface area contributed by atoms with E-state index in [1.165, 1.54) is 122 Å². The van der Waals surface area contributed by atoms with Gasteiger partial charge in [0.1, 0.15) is 0 Å². The molecule has 1 rings (SSSR count). The van der Waals surface area contributed by atoms with Gasteiger partial charge >= 0.3 is 0 Å². The van der Waals surface area contributed by atoms with Gasteiger partial charge in [-0.1, -0.05) is 83.5 Å². The minimum absolute atomic E-state index is 0. The maximum atomic E-state index is 5.25. The number of quaternary nitrogens is 1. The molecule has 2 nitrogen and oxygen atoms in total. The number of hydrogen-bond donors (Lipinski definition) is 1. The Labute approximate surface area is 171 Å². The SMILES string of the molecule is CC[NH+](CC)CCCCCCCCCCCCCCCCCC1CO1.[Cl-]. The lowest BCUT2D eigenvalue weighted by Gasteiger charge is -2.14. The summed E-state index contributed by atoms with van der Waals surface area (Å²) in [5.41, 5.74) is 0. The van der Waals surface area contributed by atoms with E-state index in [0.29, 0.717) is 6.10 Å². The molecule has 0 spiro atoms. The summed E-state index contributed by atoms with van der Waals surface area (Å²) < 4.78 is 5.25. The average Bonchev–Trinajstić information content (AvgIpc) is 3.45. The third-order valence-electron chi connectivity index (χ3n) is 5.96. The number of halogens is 1. The quantitative estimate of drug-likeness (QED) is 0.250. The van der Waals surface area contributed by atoms with E-state index in [9.17, 15) is 0 Å². The molecule has 0 bridgehead atoms. The lowest BCUT2D eigenvalue weighted by Crippen LogP contribution is -3.11. The maximum Gasteiger partial charge on any atom is 0.0810 e. The van der Waals surface area contributed by atoms with Crippen LogP contribution in [-0.2, 0) is 4.74 Å². The number of hydrogen-bond acceptors (Lipinski definition) is 1. The van der Waals surface area contributed by atoms with Crippen LogP contribution in [0.15, 0.2) is 0 Å². The molecular formula is C23H48ClNO. The van der Waals surface area contributed by atoms with Crippen molar-refractivity contribution in [1.82, 2.24) is 0 Å². The molecule has 1 saturated heterocycles. The molecule has 1 aliphatic rings. The van der Waals surface area contributed by atoms with Gasteiger partial charge in [0.25, 0.3) is 0 Å². The highest BCUT2D eigenvalue weighted by Crippen LogP contribution is 2.18. The molecule has 0 aromatic carbocycles. The average molecular weight is 390 g/mol. The van der Waals surface area contributed by atoms with Crippen LogP contribution in [0.25, 0.3) is 0 Å². The van der Waals surface area contributed by atoms with Gasteiger partial charge in [0.2, 0.25) is 0 Å². The topological polar surface area (TPSA) is 17.0 Å². The summed E-state index contributed by atoms with van der Waals surface area (Å²) in [6.07, 6.45) is 23.8. The molecule has 158 valence electrons. The number of epoxide rings is 1. The first-order valence-electron chi connectivity index (χ1n) is 11.8. The normalized spacial score (nSPS) is 16.0. The molecule has 0 saturated carbocycles. The third kappa shape index (κ3) is 17.6. The molecule has 1 aliphatic heterocycles. The van der Waals surface area contributed by atoms with Crippen molar-refractivity contribution in [2.75, 3.05) is 26.2 Å². The van der Waals surface area contributed by atoms with Gasteiger partial charge in [-0.3, -0.25) is 0 Å². The van der Waals surface area contributed by atoms with Gasteiger partial charge in [-0.2, -0.15) is 0 Å². The Hall–Kier alpha value is 0.210. The Morgan fingerprint density at radius 3 is 1.31 bits per heavy atom. The van der Waals surface area contributed by atoms with Gasteiger partial charge in [0.15, 0.2) is 0 Å². The zero-order chi connectivity index (χ0) is 18.0. The van der Waals surface area contributed by atoms with Gasteiger partial charge in [-0.25, -0.2) is 0 Å². The van der Waals surface area contributed by atoms with Crippen LogP contribution in [0, 0.1) is 0 Å². The van der Waals surface area contributed by atoms with Gasteiger partial charge in [-0.05, 0) is 33.1 Å². The Bertz CT molecular complexity index is 267. The summed E-state index contributed by atoms with van der Waals surface area (Å²) in [5, 5.41) is 0. The van der Waals surface area contributed by atoms with Crippen molar-refractivity contribution < 1.29 is 22.0 Å². The Kier molecular flexibility index (Phi) is 20.1. The minimum atomic E-state index is 0. The van der Waals surface area contributed by atoms with E-state index in [1.54, 1.807) is 4.90 Å². The smallest absolute Gasteiger partial charge is 0.0810 e. The van der Waals surface area contributed by atoms with Crippen molar-refractivity contribution in [2.45, 2.75) is 123 Å². The second kappa shape index (κ2) is 20.0. The van der Waals surface area contributed by atoms with Gasteiger partial charge < -0.3 is 22.0 Å². The molecule has 0 aromatic heterocycles. The lowest BCUT2D eigenvalue weighted by atomic mass is 10.0. The Morgan fingerprint density at radius 2 is 0.962 bits per heavy atom. The van der Waals surface area contributed by atoms with E-state index in [-0.39, 0.29) is 12.4 Å². The highest BCUT2D eigenvalue weighted by molar-refractivity contribution is 4.68. The molecule has 0 radical (unpaired) electrons. The molecule has 26 heavy (non-hydrogen) atoms. The fourth-order valence-corrected chi connectivity index (χ4v) is 3.88. The molecule has 1 unspecified atom stereocenters. The van der Waals surface area contributed by atoms with Crippen molar-refractivity contribution in [3.63, 3.8) is 0 Å². The van der Waals surface area contributed by atoms with Crippen molar-refractivity contribution in [3.8, 4) is 0 Å². The fraction of sp³-hybridized carbons (Fsp3) is 1.00. The van der Waals surface area contributed by atoms with Crippen LogP contribution in [-0.4, -0.2) is 32.3 Å². The van der Waals surface area contributed by atoms with Crippen molar-refractivity contribution in [2.24, 2.45) is 0 Å². The first kappa shape index (κ1) is 26.2. The van der Waals surface area contributed by atoms with Crippen molar-refractivity contribution in [3.05, 3.63) is 0 Å². The van der Waals surface area contributed by atoms with Crippen LogP contribution < -0.4 is 17.3 Å². The summed E-state index contributed by atoms with van der Waals surface area (Å²) in [6.45, 7) is 9.65. The second-order valence-electron chi connectivity index (χ2n) is 8.25. The van der Waals surface area contributed by atoms with Crippen LogP contribution in [0.1, 0.15) is 117 Å². The third-order valence-corrected chi connectivity index (χ3v) is 5.96. The van der Waals surface area contributed by atoms with E-state index >= 15 is 0 Å². The monoisotopic (exact) mass is 389 g/mol. The van der Waals surface area contributed by atoms with Gasteiger partial charge in [-0.15, -0.1) is 0 Å². The predicted molar refractivity (Wildman–Crippen MR) is 111 cm³/mol. The minimum Gasteiger partial charge on any atom is -1.00 e. The standard InChI is InChI=1S/C23H47NO.ClH/c1-3-24(4-2)21-19-17-15-13-11-9-7-5-6-8-10-12-14-16-18-20-23-22-25-23;/h23H,3-22H2,1-2H3;1H. The van der Waals surface area contributed by atoms with Gasteiger partial charge in [0.05, 0.1) is 32.3 Å². The summed E-state index contributed by atoms with van der Waals surface area (Å²) in [6, 6.07) is 0. The molecule has 1 heterocycles. The van der Waals surface area contributed by atoms with Gasteiger partial charge in [0, 0.05) is 0 Å². The first-order valence-corrected chi connectivity index (χ1v) is 11.8. The number of nitrogens with one attached hydrogen (secondary N) is 1. The number of rotatable bonds is 20. The molecule has 0 amide bonds. The predicted octanol–water partition coefficient (Wildman–Crippen LogP) is 2.56. The molecule has 0 aromatic rings. The van der Waals surface area contributed by atoms with E-state index < -0.39 is 0 Å². The van der Waals surface area contributed by atoms with Crippen molar-refractivity contribution >= 4 is 0 Å². The Balaban J connectivity index is 0.00000625. The van der Waals surface area contributed by atoms with Crippen LogP contribution >= 0.6 is 0 Å². The molecule has 1 fully saturated rings. The molecule has 1 atom stereocenters. The largest absolute Gasteiger partial charge is 1.00 e. The lowest BCUT2D eigenvalue weighted by molar-refractivity contribution is -0.896. The highest BCUT2D eigenvalue weighted by atomic mass is 35.5.